The molecule has 0 aromatic carbocycles. The standard InChI is InChI=1S/C17H13N3O2/c1-22-11-7-8-15-18-14(10-20(15)9-11)16-12-5-3-2-4-6-13(12)19-17(16)21/h2-10H,1H3,(H,19,21). The molecule has 22 heavy (non-hydrogen) atoms. The van der Waals surface area contributed by atoms with Crippen molar-refractivity contribution in [2.75, 3.05) is 7.11 Å². The third-order valence-corrected chi connectivity index (χ3v) is 3.70. The van der Waals surface area contributed by atoms with Crippen molar-refractivity contribution >= 4 is 5.65 Å². The van der Waals surface area contributed by atoms with Crippen LogP contribution in [0, 0.1) is 0 Å². The van der Waals surface area contributed by atoms with Crippen LogP contribution in [0.15, 0.2) is 59.7 Å². The smallest absolute Gasteiger partial charge is 0.258 e. The van der Waals surface area contributed by atoms with Crippen LogP contribution in [0.1, 0.15) is 0 Å². The van der Waals surface area contributed by atoms with Crippen molar-refractivity contribution in [1.82, 2.24) is 14.4 Å². The van der Waals surface area contributed by atoms with Gasteiger partial charge in [-0.2, -0.15) is 0 Å². The SMILES string of the molecule is COc1ccc2nc(-c3c4cccccc-4[nH]c3=O)cn2c1. The number of fused-ring (bicyclic) bond motifs is 2. The molecule has 1 aliphatic carbocycles. The van der Waals surface area contributed by atoms with Gasteiger partial charge in [-0.3, -0.25) is 4.79 Å². The van der Waals surface area contributed by atoms with Crippen LogP contribution < -0.4 is 10.3 Å². The highest BCUT2D eigenvalue weighted by Crippen LogP contribution is 2.29. The minimum absolute atomic E-state index is 0.128. The molecule has 4 rings (SSSR count). The maximum Gasteiger partial charge on any atom is 0.258 e. The lowest BCUT2D eigenvalue weighted by Gasteiger charge is -1.98. The highest BCUT2D eigenvalue weighted by Gasteiger charge is 2.18. The molecule has 2 aliphatic rings. The fourth-order valence-corrected chi connectivity index (χ4v) is 2.65. The molecule has 0 saturated heterocycles. The lowest BCUT2D eigenvalue weighted by Crippen LogP contribution is -2.00. The lowest BCUT2D eigenvalue weighted by atomic mass is 10.1. The number of methoxy groups -OCH3 is 1. The van der Waals surface area contributed by atoms with Crippen molar-refractivity contribution in [3.63, 3.8) is 0 Å². The first-order valence-corrected chi connectivity index (χ1v) is 6.90. The van der Waals surface area contributed by atoms with Gasteiger partial charge in [0.25, 0.3) is 5.56 Å². The van der Waals surface area contributed by atoms with Gasteiger partial charge in [0.1, 0.15) is 11.4 Å². The summed E-state index contributed by atoms with van der Waals surface area (Å²) < 4.78 is 7.07. The van der Waals surface area contributed by atoms with Gasteiger partial charge < -0.3 is 14.1 Å². The molecular weight excluding hydrogens is 278 g/mol. The predicted molar refractivity (Wildman–Crippen MR) is 84.4 cm³/mol. The second kappa shape index (κ2) is 4.73. The average Bonchev–Trinajstić information content (AvgIpc) is 2.98. The van der Waals surface area contributed by atoms with Crippen molar-refractivity contribution in [2.24, 2.45) is 0 Å². The minimum atomic E-state index is -0.128. The molecule has 0 radical (unpaired) electrons. The largest absolute Gasteiger partial charge is 0.495 e. The lowest BCUT2D eigenvalue weighted by molar-refractivity contribution is 0.412. The molecule has 2 aromatic rings. The number of ether oxygens (including phenoxy) is 1. The number of aromatic nitrogens is 3. The van der Waals surface area contributed by atoms with Gasteiger partial charge in [0.05, 0.1) is 24.6 Å². The summed E-state index contributed by atoms with van der Waals surface area (Å²) >= 11 is 0. The molecule has 108 valence electrons. The molecule has 2 aromatic heterocycles. The molecule has 0 atom stereocenters. The van der Waals surface area contributed by atoms with Crippen molar-refractivity contribution in [1.29, 1.82) is 0 Å². The van der Waals surface area contributed by atoms with Crippen LogP contribution in [-0.4, -0.2) is 21.5 Å². The third-order valence-electron chi connectivity index (χ3n) is 3.70. The van der Waals surface area contributed by atoms with Crippen molar-refractivity contribution in [2.45, 2.75) is 0 Å². The predicted octanol–water partition coefficient (Wildman–Crippen LogP) is 2.80. The van der Waals surface area contributed by atoms with Crippen LogP contribution in [0.2, 0.25) is 0 Å². The van der Waals surface area contributed by atoms with E-state index in [0.717, 1.165) is 22.7 Å². The van der Waals surface area contributed by atoms with Crippen molar-refractivity contribution in [3.8, 4) is 28.3 Å². The van der Waals surface area contributed by atoms with Gasteiger partial charge in [-0.25, -0.2) is 4.98 Å². The summed E-state index contributed by atoms with van der Waals surface area (Å²) in [5.41, 5.74) is 3.55. The van der Waals surface area contributed by atoms with Crippen LogP contribution >= 0.6 is 0 Å². The summed E-state index contributed by atoms with van der Waals surface area (Å²) in [5.74, 6) is 0.740. The molecule has 5 heteroatoms. The van der Waals surface area contributed by atoms with Gasteiger partial charge in [-0.05, 0) is 18.2 Å². The molecule has 0 saturated carbocycles. The fraction of sp³-hybridized carbons (Fsp3) is 0.0588. The Balaban J connectivity index is 1.97. The van der Waals surface area contributed by atoms with Gasteiger partial charge in [-0.15, -0.1) is 0 Å². The first-order chi connectivity index (χ1) is 10.8. The number of aromatic amines is 1. The highest BCUT2D eigenvalue weighted by molar-refractivity contribution is 5.82. The van der Waals surface area contributed by atoms with E-state index >= 15 is 0 Å². The summed E-state index contributed by atoms with van der Waals surface area (Å²) in [5, 5.41) is 0. The summed E-state index contributed by atoms with van der Waals surface area (Å²) in [6.45, 7) is 0. The number of hydrogen-bond acceptors (Lipinski definition) is 3. The Morgan fingerprint density at radius 3 is 2.82 bits per heavy atom. The first kappa shape index (κ1) is 12.6. The van der Waals surface area contributed by atoms with E-state index in [1.165, 1.54) is 0 Å². The molecule has 0 amide bonds. The van der Waals surface area contributed by atoms with Crippen LogP contribution in [0.3, 0.4) is 0 Å². The fourth-order valence-electron chi connectivity index (χ4n) is 2.65. The molecule has 0 spiro atoms. The van der Waals surface area contributed by atoms with Gasteiger partial charge >= 0.3 is 0 Å². The molecule has 0 fully saturated rings. The summed E-state index contributed by atoms with van der Waals surface area (Å²) in [4.78, 5) is 19.7. The van der Waals surface area contributed by atoms with Gasteiger partial charge in [0, 0.05) is 17.5 Å². The zero-order valence-corrected chi connectivity index (χ0v) is 11.9. The monoisotopic (exact) mass is 291 g/mol. The van der Waals surface area contributed by atoms with E-state index in [-0.39, 0.29) is 5.56 Å². The van der Waals surface area contributed by atoms with E-state index in [1.54, 1.807) is 7.11 Å². The van der Waals surface area contributed by atoms with Crippen LogP contribution in [0.5, 0.6) is 5.75 Å². The number of imidazole rings is 1. The maximum absolute atomic E-state index is 12.3. The van der Waals surface area contributed by atoms with E-state index in [4.69, 9.17) is 4.74 Å². The van der Waals surface area contributed by atoms with Gasteiger partial charge in [0.15, 0.2) is 0 Å². The average molecular weight is 291 g/mol. The topological polar surface area (TPSA) is 59.4 Å². The molecule has 3 heterocycles. The maximum atomic E-state index is 12.3. The quantitative estimate of drug-likeness (QED) is 0.618. The third kappa shape index (κ3) is 1.87. The Hall–Kier alpha value is -3.08. The summed E-state index contributed by atoms with van der Waals surface area (Å²) in [7, 11) is 1.62. The molecule has 1 aliphatic heterocycles. The number of nitrogens with zero attached hydrogens (tertiary/aromatic N) is 2. The molecule has 0 bridgehead atoms. The van der Waals surface area contributed by atoms with Crippen LogP contribution in [0.4, 0.5) is 0 Å². The van der Waals surface area contributed by atoms with Gasteiger partial charge in [0.2, 0.25) is 0 Å². The summed E-state index contributed by atoms with van der Waals surface area (Å²) in [6, 6.07) is 13.3. The van der Waals surface area contributed by atoms with E-state index in [9.17, 15) is 4.79 Å². The van der Waals surface area contributed by atoms with E-state index in [1.807, 2.05) is 59.3 Å². The van der Waals surface area contributed by atoms with Crippen LogP contribution in [0.25, 0.3) is 28.2 Å². The second-order valence-electron chi connectivity index (χ2n) is 5.03. The highest BCUT2D eigenvalue weighted by atomic mass is 16.5. The molecule has 1 N–H and O–H groups in total. The first-order valence-electron chi connectivity index (χ1n) is 6.90. The second-order valence-corrected chi connectivity index (χ2v) is 5.03. The number of nitrogens with one attached hydrogen (secondary N) is 1. The van der Waals surface area contributed by atoms with E-state index in [2.05, 4.69) is 9.97 Å². The van der Waals surface area contributed by atoms with E-state index < -0.39 is 0 Å². The molecular formula is C17H13N3O2. The van der Waals surface area contributed by atoms with Crippen LogP contribution in [-0.2, 0) is 0 Å². The Kier molecular flexibility index (Phi) is 2.72. The zero-order valence-electron chi connectivity index (χ0n) is 11.9. The van der Waals surface area contributed by atoms with E-state index in [0.29, 0.717) is 11.3 Å². The number of hydrogen-bond donors (Lipinski definition) is 1. The van der Waals surface area contributed by atoms with Crippen molar-refractivity contribution < 1.29 is 4.74 Å². The molecule has 5 nitrogen and oxygen atoms in total. The normalized spacial score (nSPS) is 11.1. The zero-order chi connectivity index (χ0) is 15.1. The Labute approximate surface area is 126 Å². The number of H-pyrrole nitrogens is 1. The number of pyridine rings is 1. The minimum Gasteiger partial charge on any atom is -0.495 e. The van der Waals surface area contributed by atoms with Crippen molar-refractivity contribution in [3.05, 3.63) is 65.2 Å². The van der Waals surface area contributed by atoms with Gasteiger partial charge in [-0.1, -0.05) is 24.3 Å². The Morgan fingerprint density at radius 1 is 1.09 bits per heavy atom. The summed E-state index contributed by atoms with van der Waals surface area (Å²) in [6.07, 6.45) is 3.68. The Morgan fingerprint density at radius 2 is 1.95 bits per heavy atom. The molecule has 0 unspecified atom stereocenters. The number of rotatable bonds is 2. The Bertz CT molecular complexity index is 1000.